The van der Waals surface area contributed by atoms with E-state index in [-0.39, 0.29) is 18.3 Å². The molecule has 0 spiro atoms. The molecule has 3 aromatic rings. The van der Waals surface area contributed by atoms with Gasteiger partial charge in [-0.2, -0.15) is 0 Å². The Hall–Kier alpha value is -3.05. The van der Waals surface area contributed by atoms with Gasteiger partial charge in [-0.05, 0) is 30.7 Å². The van der Waals surface area contributed by atoms with Gasteiger partial charge in [-0.15, -0.1) is 12.4 Å². The molecule has 0 N–H and O–H groups in total. The Morgan fingerprint density at radius 3 is 2.34 bits per heavy atom. The van der Waals surface area contributed by atoms with Crippen molar-refractivity contribution in [2.45, 2.75) is 6.92 Å². The predicted molar refractivity (Wildman–Crippen MR) is 120 cm³/mol. The summed E-state index contributed by atoms with van der Waals surface area (Å²) in [6.07, 6.45) is 7.35. The topological polar surface area (TPSA) is 41.4 Å². The standard InChI is InChI=1S/C23H24N4O.ClH/c1-19-7-10-21(11-8-19)27-14-13-24-23(27)26-17-15-25(16-18-26)22(28)12-9-20-5-3-2-4-6-20;/h2-14H,15-18H2,1H3;1H/b12-9-;. The number of carbonyl (C=O) groups is 1. The number of anilines is 1. The summed E-state index contributed by atoms with van der Waals surface area (Å²) in [5, 5.41) is 0. The van der Waals surface area contributed by atoms with Crippen LogP contribution < -0.4 is 4.90 Å². The van der Waals surface area contributed by atoms with Crippen LogP contribution in [0, 0.1) is 6.92 Å². The molecule has 1 aromatic heterocycles. The van der Waals surface area contributed by atoms with Crippen LogP contribution in [0.5, 0.6) is 0 Å². The lowest BCUT2D eigenvalue weighted by molar-refractivity contribution is -0.126. The van der Waals surface area contributed by atoms with Crippen molar-refractivity contribution in [3.63, 3.8) is 0 Å². The normalized spacial score (nSPS) is 14.1. The van der Waals surface area contributed by atoms with Crippen molar-refractivity contribution in [1.82, 2.24) is 14.5 Å². The molecule has 0 aliphatic carbocycles. The number of nitrogens with zero attached hydrogens (tertiary/aromatic N) is 4. The quantitative estimate of drug-likeness (QED) is 0.613. The molecule has 5 nitrogen and oxygen atoms in total. The number of aryl methyl sites for hydroxylation is 1. The summed E-state index contributed by atoms with van der Waals surface area (Å²) in [4.78, 5) is 21.2. The predicted octanol–water partition coefficient (Wildman–Crippen LogP) is 3.96. The minimum absolute atomic E-state index is 0. The summed E-state index contributed by atoms with van der Waals surface area (Å²) in [5.41, 5.74) is 3.37. The van der Waals surface area contributed by atoms with E-state index in [1.165, 1.54) is 5.56 Å². The first kappa shape index (κ1) is 20.7. The van der Waals surface area contributed by atoms with Gasteiger partial charge in [0.25, 0.3) is 0 Å². The second-order valence-electron chi connectivity index (χ2n) is 6.99. The maximum Gasteiger partial charge on any atom is 0.246 e. The van der Waals surface area contributed by atoms with Crippen molar-refractivity contribution < 1.29 is 4.79 Å². The van der Waals surface area contributed by atoms with E-state index in [1.54, 1.807) is 6.08 Å². The molecule has 2 aromatic carbocycles. The fourth-order valence-corrected chi connectivity index (χ4v) is 3.40. The lowest BCUT2D eigenvalue weighted by Crippen LogP contribution is -2.49. The molecule has 1 fully saturated rings. The van der Waals surface area contributed by atoms with Crippen LogP contribution in [0.2, 0.25) is 0 Å². The molecule has 0 atom stereocenters. The SMILES string of the molecule is Cc1ccc(-n2ccnc2N2CCN(C(=O)/C=C\c3ccccc3)CC2)cc1.Cl. The van der Waals surface area contributed by atoms with Gasteiger partial charge in [-0.3, -0.25) is 9.36 Å². The van der Waals surface area contributed by atoms with Crippen LogP contribution in [0.4, 0.5) is 5.95 Å². The Morgan fingerprint density at radius 1 is 0.966 bits per heavy atom. The summed E-state index contributed by atoms with van der Waals surface area (Å²) in [6.45, 7) is 5.01. The van der Waals surface area contributed by atoms with Crippen molar-refractivity contribution in [3.8, 4) is 5.69 Å². The summed E-state index contributed by atoms with van der Waals surface area (Å²) >= 11 is 0. The van der Waals surface area contributed by atoms with E-state index in [4.69, 9.17) is 0 Å². The highest BCUT2D eigenvalue weighted by atomic mass is 35.5. The molecule has 0 radical (unpaired) electrons. The van der Waals surface area contributed by atoms with Crippen LogP contribution in [-0.2, 0) is 4.79 Å². The fraction of sp³-hybridized carbons (Fsp3) is 0.217. The molecule has 1 aliphatic heterocycles. The first-order valence-corrected chi connectivity index (χ1v) is 9.58. The molecule has 0 bridgehead atoms. The molecular weight excluding hydrogens is 384 g/mol. The van der Waals surface area contributed by atoms with Gasteiger partial charge >= 0.3 is 0 Å². The molecule has 1 aliphatic rings. The first-order chi connectivity index (χ1) is 13.7. The van der Waals surface area contributed by atoms with E-state index in [0.717, 1.165) is 30.3 Å². The van der Waals surface area contributed by atoms with E-state index >= 15 is 0 Å². The zero-order chi connectivity index (χ0) is 19.3. The molecular formula is C23H25ClN4O. The Morgan fingerprint density at radius 2 is 1.66 bits per heavy atom. The Kier molecular flexibility index (Phi) is 6.73. The Labute approximate surface area is 177 Å². The molecule has 150 valence electrons. The Balaban J connectivity index is 0.00000240. The van der Waals surface area contributed by atoms with Gasteiger partial charge < -0.3 is 9.80 Å². The number of rotatable bonds is 4. The number of hydrogen-bond donors (Lipinski definition) is 0. The van der Waals surface area contributed by atoms with E-state index in [0.29, 0.717) is 13.1 Å². The van der Waals surface area contributed by atoms with Gasteiger partial charge in [0.1, 0.15) is 0 Å². The van der Waals surface area contributed by atoms with Crippen molar-refractivity contribution in [2.24, 2.45) is 0 Å². The van der Waals surface area contributed by atoms with Gasteiger partial charge in [-0.1, -0.05) is 48.0 Å². The average molecular weight is 409 g/mol. The molecule has 0 saturated carbocycles. The van der Waals surface area contributed by atoms with Gasteiger partial charge in [0.05, 0.1) is 0 Å². The molecule has 0 unspecified atom stereocenters. The summed E-state index contributed by atoms with van der Waals surface area (Å²) < 4.78 is 2.10. The monoisotopic (exact) mass is 408 g/mol. The van der Waals surface area contributed by atoms with Crippen molar-refractivity contribution in [3.05, 3.63) is 84.2 Å². The maximum absolute atomic E-state index is 12.5. The first-order valence-electron chi connectivity index (χ1n) is 9.58. The minimum Gasteiger partial charge on any atom is -0.338 e. The Bertz CT molecular complexity index is 958. The highest BCUT2D eigenvalue weighted by molar-refractivity contribution is 5.91. The highest BCUT2D eigenvalue weighted by Gasteiger charge is 2.22. The fourth-order valence-electron chi connectivity index (χ4n) is 3.40. The zero-order valence-electron chi connectivity index (χ0n) is 16.4. The second-order valence-corrected chi connectivity index (χ2v) is 6.99. The number of benzene rings is 2. The van der Waals surface area contributed by atoms with Crippen LogP contribution in [0.15, 0.2) is 73.1 Å². The van der Waals surface area contributed by atoms with E-state index in [2.05, 4.69) is 45.6 Å². The van der Waals surface area contributed by atoms with Crippen LogP contribution in [-0.4, -0.2) is 46.5 Å². The average Bonchev–Trinajstić information content (AvgIpc) is 3.23. The van der Waals surface area contributed by atoms with Crippen molar-refractivity contribution >= 4 is 30.3 Å². The van der Waals surface area contributed by atoms with Crippen molar-refractivity contribution in [2.75, 3.05) is 31.1 Å². The van der Waals surface area contributed by atoms with Gasteiger partial charge in [0.2, 0.25) is 11.9 Å². The molecule has 2 heterocycles. The number of halogens is 1. The molecule has 4 rings (SSSR count). The van der Waals surface area contributed by atoms with E-state index < -0.39 is 0 Å². The molecule has 1 amide bonds. The lowest BCUT2D eigenvalue weighted by atomic mass is 10.2. The third-order valence-electron chi connectivity index (χ3n) is 5.03. The molecule has 6 heteroatoms. The molecule has 1 saturated heterocycles. The zero-order valence-corrected chi connectivity index (χ0v) is 17.3. The summed E-state index contributed by atoms with van der Waals surface area (Å²) in [5.74, 6) is 0.987. The maximum atomic E-state index is 12.5. The van der Waals surface area contributed by atoms with Crippen LogP contribution >= 0.6 is 12.4 Å². The largest absolute Gasteiger partial charge is 0.338 e. The number of carbonyl (C=O) groups excluding carboxylic acids is 1. The lowest BCUT2D eigenvalue weighted by Gasteiger charge is -2.35. The van der Waals surface area contributed by atoms with Gasteiger partial charge in [0, 0.05) is 50.3 Å². The third-order valence-corrected chi connectivity index (χ3v) is 5.03. The highest BCUT2D eigenvalue weighted by Crippen LogP contribution is 2.20. The number of imidazole rings is 1. The minimum atomic E-state index is 0. The number of piperazine rings is 1. The second kappa shape index (κ2) is 9.43. The third kappa shape index (κ3) is 4.87. The number of aromatic nitrogens is 2. The van der Waals surface area contributed by atoms with E-state index in [9.17, 15) is 4.79 Å². The summed E-state index contributed by atoms with van der Waals surface area (Å²) in [7, 11) is 0. The van der Waals surface area contributed by atoms with Crippen LogP contribution in [0.25, 0.3) is 11.8 Å². The van der Waals surface area contributed by atoms with Gasteiger partial charge in [0.15, 0.2) is 0 Å². The smallest absolute Gasteiger partial charge is 0.246 e. The summed E-state index contributed by atoms with van der Waals surface area (Å²) in [6, 6.07) is 18.3. The van der Waals surface area contributed by atoms with E-state index in [1.807, 2.05) is 53.7 Å². The van der Waals surface area contributed by atoms with Crippen LogP contribution in [0.3, 0.4) is 0 Å². The number of hydrogen-bond acceptors (Lipinski definition) is 3. The van der Waals surface area contributed by atoms with Crippen LogP contribution in [0.1, 0.15) is 11.1 Å². The molecule has 29 heavy (non-hydrogen) atoms. The van der Waals surface area contributed by atoms with Crippen molar-refractivity contribution in [1.29, 1.82) is 0 Å². The van der Waals surface area contributed by atoms with Gasteiger partial charge in [-0.25, -0.2) is 4.98 Å². The number of amides is 1.